The molecule has 2 N–H and O–H groups in total. The van der Waals surface area contributed by atoms with E-state index in [1.165, 1.54) is 0 Å². The molecular weight excluding hydrogens is 232 g/mol. The zero-order valence-corrected chi connectivity index (χ0v) is 9.75. The van der Waals surface area contributed by atoms with Gasteiger partial charge in [0.1, 0.15) is 0 Å². The molecular formula is C8H14N4O3S. The maximum absolute atomic E-state index is 11.9. The van der Waals surface area contributed by atoms with Crippen molar-refractivity contribution in [2.24, 2.45) is 0 Å². The van der Waals surface area contributed by atoms with Gasteiger partial charge in [0.2, 0.25) is 10.0 Å². The summed E-state index contributed by atoms with van der Waals surface area (Å²) >= 11 is 0. The van der Waals surface area contributed by atoms with Crippen LogP contribution in [0.15, 0.2) is 4.52 Å². The number of sulfonamides is 1. The maximum Gasteiger partial charge on any atom is 0.335 e. The molecule has 0 bridgehead atoms. The van der Waals surface area contributed by atoms with E-state index in [9.17, 15) is 8.42 Å². The number of aryl methyl sites for hydroxylation is 1. The lowest BCUT2D eigenvalue weighted by molar-refractivity contribution is 0.428. The predicted octanol–water partition coefficient (Wildman–Crippen LogP) is -0.128. The summed E-state index contributed by atoms with van der Waals surface area (Å²) in [5.41, 5.74) is 0. The summed E-state index contributed by atoms with van der Waals surface area (Å²) < 4.78 is 30.8. The highest BCUT2D eigenvalue weighted by atomic mass is 32.2. The second-order valence-corrected chi connectivity index (χ2v) is 5.72. The summed E-state index contributed by atoms with van der Waals surface area (Å²) in [5, 5.41) is 6.13. The lowest BCUT2D eigenvalue weighted by atomic mass is 10.2. The van der Waals surface area contributed by atoms with Gasteiger partial charge in [-0.25, -0.2) is 13.1 Å². The van der Waals surface area contributed by atoms with Gasteiger partial charge in [0.05, 0.1) is 5.25 Å². The van der Waals surface area contributed by atoms with Crippen LogP contribution in [-0.4, -0.2) is 36.9 Å². The Morgan fingerprint density at radius 1 is 1.56 bits per heavy atom. The fourth-order valence-electron chi connectivity index (χ4n) is 1.63. The first kappa shape index (κ1) is 11.3. The number of aromatic nitrogens is 2. The van der Waals surface area contributed by atoms with Crippen molar-refractivity contribution >= 4 is 16.0 Å². The summed E-state index contributed by atoms with van der Waals surface area (Å²) in [4.78, 5) is 3.80. The average molecular weight is 246 g/mol. The van der Waals surface area contributed by atoms with Crippen molar-refractivity contribution in [3.05, 3.63) is 5.82 Å². The van der Waals surface area contributed by atoms with Crippen molar-refractivity contribution in [2.45, 2.75) is 25.0 Å². The quantitative estimate of drug-likeness (QED) is 0.771. The fourth-order valence-corrected chi connectivity index (χ4v) is 2.94. The first-order valence-corrected chi connectivity index (χ1v) is 6.65. The van der Waals surface area contributed by atoms with Crippen LogP contribution in [0.25, 0.3) is 0 Å². The van der Waals surface area contributed by atoms with Crippen LogP contribution < -0.4 is 10.0 Å². The third kappa shape index (κ3) is 2.50. The van der Waals surface area contributed by atoms with Gasteiger partial charge in [-0.2, -0.15) is 4.98 Å². The first-order chi connectivity index (χ1) is 7.58. The van der Waals surface area contributed by atoms with E-state index >= 15 is 0 Å². The van der Waals surface area contributed by atoms with Crippen LogP contribution in [-0.2, 0) is 10.0 Å². The molecule has 1 aromatic rings. The molecule has 2 rings (SSSR count). The van der Waals surface area contributed by atoms with E-state index < -0.39 is 15.3 Å². The van der Waals surface area contributed by atoms with Gasteiger partial charge in [0.15, 0.2) is 5.82 Å². The van der Waals surface area contributed by atoms with Crippen molar-refractivity contribution in [1.82, 2.24) is 15.5 Å². The van der Waals surface area contributed by atoms with Gasteiger partial charge >= 0.3 is 6.01 Å². The molecule has 0 radical (unpaired) electrons. The number of anilines is 1. The van der Waals surface area contributed by atoms with Crippen molar-refractivity contribution in [3.8, 4) is 0 Å². The summed E-state index contributed by atoms with van der Waals surface area (Å²) in [5.74, 6) is 0.402. The number of nitrogens with zero attached hydrogens (tertiary/aromatic N) is 2. The highest BCUT2D eigenvalue weighted by molar-refractivity contribution is 7.93. The fraction of sp³-hybridized carbons (Fsp3) is 0.750. The number of nitrogens with one attached hydrogen (secondary N) is 2. The molecule has 90 valence electrons. The molecule has 0 saturated carbocycles. The molecule has 0 amide bonds. The van der Waals surface area contributed by atoms with E-state index in [0.717, 1.165) is 13.0 Å². The zero-order chi connectivity index (χ0) is 11.6. The van der Waals surface area contributed by atoms with Crippen molar-refractivity contribution < 1.29 is 12.9 Å². The van der Waals surface area contributed by atoms with Gasteiger partial charge in [-0.1, -0.05) is 5.16 Å². The molecule has 0 aromatic carbocycles. The third-order valence-corrected chi connectivity index (χ3v) is 4.19. The molecule has 1 saturated heterocycles. The van der Waals surface area contributed by atoms with Crippen molar-refractivity contribution in [2.75, 3.05) is 17.8 Å². The summed E-state index contributed by atoms with van der Waals surface area (Å²) in [6, 6.07) is -0.0666. The van der Waals surface area contributed by atoms with Crippen LogP contribution in [0.2, 0.25) is 0 Å². The second-order valence-electron chi connectivity index (χ2n) is 3.76. The Labute approximate surface area is 93.7 Å². The largest absolute Gasteiger partial charge is 0.335 e. The Morgan fingerprint density at radius 2 is 2.38 bits per heavy atom. The molecule has 7 nitrogen and oxygen atoms in total. The number of hydrogen-bond acceptors (Lipinski definition) is 6. The van der Waals surface area contributed by atoms with Gasteiger partial charge in [-0.3, -0.25) is 0 Å². The lowest BCUT2D eigenvalue weighted by Crippen LogP contribution is -2.41. The predicted molar refractivity (Wildman–Crippen MR) is 57.5 cm³/mol. The lowest BCUT2D eigenvalue weighted by Gasteiger charge is -2.22. The van der Waals surface area contributed by atoms with Crippen LogP contribution in [0.1, 0.15) is 18.7 Å². The minimum Gasteiger partial charge on any atom is -0.315 e. The van der Waals surface area contributed by atoms with Gasteiger partial charge in [-0.05, 0) is 26.3 Å². The van der Waals surface area contributed by atoms with Crippen LogP contribution >= 0.6 is 0 Å². The van der Waals surface area contributed by atoms with E-state index in [1.54, 1.807) is 6.92 Å². The summed E-state index contributed by atoms with van der Waals surface area (Å²) in [7, 11) is -3.43. The third-order valence-electron chi connectivity index (χ3n) is 2.45. The minimum absolute atomic E-state index is 0.0666. The van der Waals surface area contributed by atoms with Crippen LogP contribution in [0.3, 0.4) is 0 Å². The van der Waals surface area contributed by atoms with Crippen LogP contribution in [0.4, 0.5) is 6.01 Å². The van der Waals surface area contributed by atoms with E-state index in [2.05, 4.69) is 20.2 Å². The van der Waals surface area contributed by atoms with Gasteiger partial charge in [-0.15, -0.1) is 0 Å². The number of rotatable bonds is 3. The van der Waals surface area contributed by atoms with E-state index in [4.69, 9.17) is 4.52 Å². The minimum atomic E-state index is -3.43. The van der Waals surface area contributed by atoms with Crippen molar-refractivity contribution in [1.29, 1.82) is 0 Å². The highest BCUT2D eigenvalue weighted by Crippen LogP contribution is 2.14. The molecule has 1 aliphatic rings. The maximum atomic E-state index is 11.9. The molecule has 16 heavy (non-hydrogen) atoms. The highest BCUT2D eigenvalue weighted by Gasteiger charge is 2.28. The van der Waals surface area contributed by atoms with E-state index in [-0.39, 0.29) is 6.01 Å². The Hall–Kier alpha value is -1.15. The second kappa shape index (κ2) is 4.38. The topological polar surface area (TPSA) is 97.1 Å². The molecule has 1 atom stereocenters. The van der Waals surface area contributed by atoms with Gasteiger partial charge in [0.25, 0.3) is 0 Å². The SMILES string of the molecule is Cc1noc(NS(=O)(=O)C2CCCNC2)n1. The molecule has 2 heterocycles. The Morgan fingerprint density at radius 3 is 2.94 bits per heavy atom. The van der Waals surface area contributed by atoms with Crippen molar-refractivity contribution in [3.63, 3.8) is 0 Å². The molecule has 1 unspecified atom stereocenters. The van der Waals surface area contributed by atoms with Gasteiger partial charge in [0, 0.05) is 6.54 Å². The van der Waals surface area contributed by atoms with E-state index in [1.807, 2.05) is 0 Å². The molecule has 1 aromatic heterocycles. The van der Waals surface area contributed by atoms with E-state index in [0.29, 0.717) is 18.8 Å². The molecule has 1 aliphatic heterocycles. The van der Waals surface area contributed by atoms with Crippen LogP contribution in [0.5, 0.6) is 0 Å². The normalized spacial score (nSPS) is 21.9. The first-order valence-electron chi connectivity index (χ1n) is 5.10. The molecule has 0 aliphatic carbocycles. The number of hydrogen-bond donors (Lipinski definition) is 2. The Kier molecular flexibility index (Phi) is 3.10. The number of piperidine rings is 1. The average Bonchev–Trinajstić information content (AvgIpc) is 2.64. The monoisotopic (exact) mass is 246 g/mol. The molecule has 1 fully saturated rings. The van der Waals surface area contributed by atoms with Gasteiger partial charge < -0.3 is 9.84 Å². The summed E-state index contributed by atoms with van der Waals surface area (Å²) in [6.07, 6.45) is 1.50. The van der Waals surface area contributed by atoms with Crippen LogP contribution in [0, 0.1) is 6.92 Å². The molecule has 8 heteroatoms. The smallest absolute Gasteiger partial charge is 0.315 e. The Balaban J connectivity index is 2.07. The Bertz CT molecular complexity index is 450. The molecule has 0 spiro atoms. The zero-order valence-electron chi connectivity index (χ0n) is 8.93. The standard InChI is InChI=1S/C8H14N4O3S/c1-6-10-8(15-11-6)12-16(13,14)7-3-2-4-9-5-7/h7,9H,2-5H2,1H3,(H,10,11,12). The summed E-state index contributed by atoms with van der Waals surface area (Å²) in [6.45, 7) is 2.96.